The lowest BCUT2D eigenvalue weighted by Gasteiger charge is -1.99. The third-order valence-electron chi connectivity index (χ3n) is 2.03. The first-order valence-electron chi connectivity index (χ1n) is 3.94. The van der Waals surface area contributed by atoms with Crippen LogP contribution in [-0.4, -0.2) is 12.0 Å². The van der Waals surface area contributed by atoms with Crippen LogP contribution >= 0.6 is 0 Å². The van der Waals surface area contributed by atoms with Gasteiger partial charge in [0, 0.05) is 18.2 Å². The number of ketones is 1. The van der Waals surface area contributed by atoms with Crippen molar-refractivity contribution in [1.82, 2.24) is 0 Å². The van der Waals surface area contributed by atoms with Crippen LogP contribution in [-0.2, 0) is 6.42 Å². The molecule has 1 heterocycles. The van der Waals surface area contributed by atoms with Crippen LogP contribution in [0.5, 0.6) is 0 Å². The molecule has 2 rings (SSSR count). The Labute approximate surface area is 70.9 Å². The summed E-state index contributed by atoms with van der Waals surface area (Å²) in [6.45, 7) is 1.58. The Morgan fingerprint density at radius 3 is 3.08 bits per heavy atom. The standard InChI is InChI=1S/C10H9NO/c1-7(12)8-2-3-10-9(6-8)4-5-11-10/h2-3,5-6H,4H2,1H3. The number of benzene rings is 1. The molecule has 0 saturated carbocycles. The average molecular weight is 159 g/mol. The van der Waals surface area contributed by atoms with E-state index < -0.39 is 0 Å². The highest BCUT2D eigenvalue weighted by Crippen LogP contribution is 2.24. The molecule has 0 spiro atoms. The number of Topliss-reactive ketones (excluding diaryl/α,β-unsaturated/α-hetero) is 1. The van der Waals surface area contributed by atoms with Gasteiger partial charge in [-0.1, -0.05) is 0 Å². The largest absolute Gasteiger partial charge is 0.295 e. The SMILES string of the molecule is CC(=O)c1ccc2c(c1)CC=N2. The van der Waals surface area contributed by atoms with Crippen LogP contribution in [0, 0.1) is 0 Å². The highest BCUT2D eigenvalue weighted by Gasteiger charge is 2.08. The van der Waals surface area contributed by atoms with Crippen molar-refractivity contribution in [2.75, 3.05) is 0 Å². The van der Waals surface area contributed by atoms with Crippen molar-refractivity contribution in [2.45, 2.75) is 13.3 Å². The van der Waals surface area contributed by atoms with E-state index in [2.05, 4.69) is 4.99 Å². The summed E-state index contributed by atoms with van der Waals surface area (Å²) in [6, 6.07) is 5.64. The van der Waals surface area contributed by atoms with Gasteiger partial charge in [0.15, 0.2) is 5.78 Å². The van der Waals surface area contributed by atoms with Crippen LogP contribution in [0.3, 0.4) is 0 Å². The molecule has 2 heteroatoms. The van der Waals surface area contributed by atoms with E-state index in [9.17, 15) is 4.79 Å². The Kier molecular flexibility index (Phi) is 1.54. The number of hydrogen-bond donors (Lipinski definition) is 0. The van der Waals surface area contributed by atoms with Crippen molar-refractivity contribution in [2.24, 2.45) is 4.99 Å². The minimum atomic E-state index is 0.115. The van der Waals surface area contributed by atoms with E-state index in [-0.39, 0.29) is 5.78 Å². The van der Waals surface area contributed by atoms with Gasteiger partial charge in [-0.2, -0.15) is 0 Å². The molecule has 0 amide bonds. The van der Waals surface area contributed by atoms with Crippen molar-refractivity contribution in [3.05, 3.63) is 29.3 Å². The molecule has 0 atom stereocenters. The summed E-state index contributed by atoms with van der Waals surface area (Å²) in [5.74, 6) is 0.115. The first-order valence-corrected chi connectivity index (χ1v) is 3.94. The number of aliphatic imine (C=N–C) groups is 1. The fourth-order valence-corrected chi connectivity index (χ4v) is 1.34. The second-order valence-corrected chi connectivity index (χ2v) is 2.92. The smallest absolute Gasteiger partial charge is 0.159 e. The highest BCUT2D eigenvalue weighted by molar-refractivity contribution is 5.95. The van der Waals surface area contributed by atoms with Gasteiger partial charge in [0.2, 0.25) is 0 Å². The zero-order valence-electron chi connectivity index (χ0n) is 6.87. The van der Waals surface area contributed by atoms with Crippen molar-refractivity contribution in [3.8, 4) is 0 Å². The molecule has 1 aromatic carbocycles. The molecular formula is C10H9NO. The second kappa shape index (κ2) is 2.55. The zero-order valence-corrected chi connectivity index (χ0v) is 6.87. The van der Waals surface area contributed by atoms with Crippen molar-refractivity contribution >= 4 is 17.7 Å². The molecule has 0 aliphatic carbocycles. The number of rotatable bonds is 1. The maximum Gasteiger partial charge on any atom is 0.159 e. The Morgan fingerprint density at radius 1 is 1.50 bits per heavy atom. The quantitative estimate of drug-likeness (QED) is 0.577. The molecule has 0 bridgehead atoms. The number of carbonyl (C=O) groups is 1. The van der Waals surface area contributed by atoms with E-state index in [4.69, 9.17) is 0 Å². The van der Waals surface area contributed by atoms with Crippen LogP contribution in [0.2, 0.25) is 0 Å². The first kappa shape index (κ1) is 7.22. The first-order chi connectivity index (χ1) is 5.77. The van der Waals surface area contributed by atoms with E-state index in [0.29, 0.717) is 0 Å². The zero-order chi connectivity index (χ0) is 8.55. The Morgan fingerprint density at radius 2 is 2.33 bits per heavy atom. The summed E-state index contributed by atoms with van der Waals surface area (Å²) in [5, 5.41) is 0. The van der Waals surface area contributed by atoms with Gasteiger partial charge in [0.25, 0.3) is 0 Å². The fourth-order valence-electron chi connectivity index (χ4n) is 1.34. The Bertz CT molecular complexity index is 366. The monoisotopic (exact) mass is 159 g/mol. The van der Waals surface area contributed by atoms with E-state index >= 15 is 0 Å². The lowest BCUT2D eigenvalue weighted by Crippen LogP contribution is -1.92. The van der Waals surface area contributed by atoms with Gasteiger partial charge in [-0.25, -0.2) is 0 Å². The maximum absolute atomic E-state index is 11.0. The second-order valence-electron chi connectivity index (χ2n) is 2.92. The lowest BCUT2D eigenvalue weighted by atomic mass is 10.1. The molecule has 0 saturated heterocycles. The maximum atomic E-state index is 11.0. The minimum absolute atomic E-state index is 0.115. The molecule has 2 nitrogen and oxygen atoms in total. The highest BCUT2D eigenvalue weighted by atomic mass is 16.1. The van der Waals surface area contributed by atoms with Crippen molar-refractivity contribution in [3.63, 3.8) is 0 Å². The van der Waals surface area contributed by atoms with Gasteiger partial charge in [-0.3, -0.25) is 9.79 Å². The summed E-state index contributed by atoms with van der Waals surface area (Å²) < 4.78 is 0. The normalized spacial score (nSPS) is 13.1. The molecule has 0 aromatic heterocycles. The molecule has 0 fully saturated rings. The van der Waals surface area contributed by atoms with Crippen LogP contribution in [0.1, 0.15) is 22.8 Å². The molecular weight excluding hydrogens is 150 g/mol. The molecule has 1 aliphatic rings. The number of fused-ring (bicyclic) bond motifs is 1. The lowest BCUT2D eigenvalue weighted by molar-refractivity contribution is 0.101. The third kappa shape index (κ3) is 1.05. The summed E-state index contributed by atoms with van der Waals surface area (Å²) in [4.78, 5) is 15.2. The predicted molar refractivity (Wildman–Crippen MR) is 48.3 cm³/mol. The number of hydrogen-bond acceptors (Lipinski definition) is 2. The van der Waals surface area contributed by atoms with Crippen LogP contribution in [0.4, 0.5) is 5.69 Å². The van der Waals surface area contributed by atoms with Gasteiger partial charge in [0.1, 0.15) is 0 Å². The summed E-state index contributed by atoms with van der Waals surface area (Å²) in [7, 11) is 0. The fraction of sp³-hybridized carbons (Fsp3) is 0.200. The van der Waals surface area contributed by atoms with Crippen molar-refractivity contribution in [1.29, 1.82) is 0 Å². The van der Waals surface area contributed by atoms with Gasteiger partial charge >= 0.3 is 0 Å². The third-order valence-corrected chi connectivity index (χ3v) is 2.03. The number of carbonyl (C=O) groups excluding carboxylic acids is 1. The van der Waals surface area contributed by atoms with Crippen LogP contribution in [0.25, 0.3) is 0 Å². The van der Waals surface area contributed by atoms with Gasteiger partial charge in [0.05, 0.1) is 5.69 Å². The van der Waals surface area contributed by atoms with Crippen molar-refractivity contribution < 1.29 is 4.79 Å². The molecule has 12 heavy (non-hydrogen) atoms. The molecule has 60 valence electrons. The molecule has 1 aliphatic heterocycles. The van der Waals surface area contributed by atoms with Crippen LogP contribution < -0.4 is 0 Å². The summed E-state index contributed by atoms with van der Waals surface area (Å²) >= 11 is 0. The molecule has 0 radical (unpaired) electrons. The van der Waals surface area contributed by atoms with E-state index in [1.54, 1.807) is 6.92 Å². The minimum Gasteiger partial charge on any atom is -0.295 e. The number of nitrogens with zero attached hydrogens (tertiary/aromatic N) is 1. The molecule has 0 unspecified atom stereocenters. The van der Waals surface area contributed by atoms with Gasteiger partial charge in [-0.15, -0.1) is 0 Å². The van der Waals surface area contributed by atoms with Crippen LogP contribution in [0.15, 0.2) is 23.2 Å². The van der Waals surface area contributed by atoms with E-state index in [1.807, 2.05) is 24.4 Å². The summed E-state index contributed by atoms with van der Waals surface area (Å²) in [5.41, 5.74) is 2.93. The van der Waals surface area contributed by atoms with E-state index in [1.165, 1.54) is 0 Å². The molecule has 1 aromatic rings. The van der Waals surface area contributed by atoms with E-state index in [0.717, 1.165) is 23.2 Å². The Hall–Kier alpha value is -1.44. The van der Waals surface area contributed by atoms with Gasteiger partial charge in [-0.05, 0) is 30.7 Å². The average Bonchev–Trinajstić information content (AvgIpc) is 2.49. The van der Waals surface area contributed by atoms with Gasteiger partial charge < -0.3 is 0 Å². The topological polar surface area (TPSA) is 29.4 Å². The Balaban J connectivity index is 2.49. The summed E-state index contributed by atoms with van der Waals surface area (Å²) in [6.07, 6.45) is 2.73. The molecule has 0 N–H and O–H groups in total. The predicted octanol–water partition coefficient (Wildman–Crippen LogP) is 2.15.